The standard InChI is InChI=1S/C31H27N3O6/c1-18-5-8-22-25(15-18)40-26-17-20(33(2)3)7-10-23(26)29(22)21-9-6-19(16-24(21)31(38)39)30(37)32-13-4-14-34-27(35)11-12-28(34)36/h5-12,15-17H,1,4,13-14H2,2-3H3,(H,32,37)(H,38,39). The second-order valence-corrected chi connectivity index (χ2v) is 9.72. The van der Waals surface area contributed by atoms with Gasteiger partial charge >= 0.3 is 5.97 Å². The molecule has 0 fully saturated rings. The van der Waals surface area contributed by atoms with Crippen molar-refractivity contribution in [2.45, 2.75) is 6.42 Å². The zero-order chi connectivity index (χ0) is 28.6. The summed E-state index contributed by atoms with van der Waals surface area (Å²) in [4.78, 5) is 51.7. The number of nitrogens with one attached hydrogen (secondary N) is 1. The number of carbonyl (C=O) groups is 4. The number of amides is 3. The Kier molecular flexibility index (Phi) is 6.96. The maximum atomic E-state index is 12.9. The van der Waals surface area contributed by atoms with Gasteiger partial charge < -0.3 is 20.1 Å². The molecule has 0 saturated carbocycles. The average Bonchev–Trinajstić information content (AvgIpc) is 3.25. The minimum atomic E-state index is -1.18. The van der Waals surface area contributed by atoms with Gasteiger partial charge in [0.1, 0.15) is 11.5 Å². The van der Waals surface area contributed by atoms with Crippen LogP contribution in [0.25, 0.3) is 12.2 Å². The summed E-state index contributed by atoms with van der Waals surface area (Å²) in [5, 5.41) is 14.4. The number of ether oxygens (including phenoxy) is 1. The van der Waals surface area contributed by atoms with Crippen LogP contribution in [0.15, 0.2) is 66.7 Å². The van der Waals surface area contributed by atoms with Gasteiger partial charge in [0.2, 0.25) is 0 Å². The van der Waals surface area contributed by atoms with Gasteiger partial charge in [-0.05, 0) is 47.5 Å². The van der Waals surface area contributed by atoms with Crippen LogP contribution in [0.5, 0.6) is 11.5 Å². The van der Waals surface area contributed by atoms with Crippen LogP contribution in [0.2, 0.25) is 0 Å². The molecule has 0 unspecified atom stereocenters. The van der Waals surface area contributed by atoms with Crippen LogP contribution >= 0.6 is 0 Å². The molecule has 9 heteroatoms. The van der Waals surface area contributed by atoms with Crippen LogP contribution in [-0.2, 0) is 9.59 Å². The fourth-order valence-electron chi connectivity index (χ4n) is 4.76. The van der Waals surface area contributed by atoms with Crippen molar-refractivity contribution in [3.63, 3.8) is 0 Å². The normalized spacial score (nSPS) is 13.6. The number of hydrogen-bond donors (Lipinski definition) is 2. The summed E-state index contributed by atoms with van der Waals surface area (Å²) in [7, 11) is 3.85. The van der Waals surface area contributed by atoms with Crippen molar-refractivity contribution in [2.24, 2.45) is 0 Å². The lowest BCUT2D eigenvalue weighted by Gasteiger charge is -2.24. The highest BCUT2D eigenvalue weighted by atomic mass is 16.5. The van der Waals surface area contributed by atoms with Crippen LogP contribution in [-0.4, -0.2) is 60.9 Å². The second kappa shape index (κ2) is 10.5. The summed E-state index contributed by atoms with van der Waals surface area (Å²) in [6, 6.07) is 15.8. The van der Waals surface area contributed by atoms with Crippen LogP contribution in [0.1, 0.15) is 38.3 Å². The number of carbonyl (C=O) groups excluding carboxylic acids is 3. The van der Waals surface area contributed by atoms with E-state index >= 15 is 0 Å². The number of fused-ring (bicyclic) bond motifs is 2. The predicted octanol–water partition coefficient (Wildman–Crippen LogP) is 2.26. The molecule has 0 radical (unpaired) electrons. The van der Waals surface area contributed by atoms with E-state index in [-0.39, 0.29) is 36.0 Å². The summed E-state index contributed by atoms with van der Waals surface area (Å²) in [5.74, 6) is -1.24. The smallest absolute Gasteiger partial charge is 0.336 e. The molecule has 2 aliphatic rings. The van der Waals surface area contributed by atoms with Crippen LogP contribution in [0.3, 0.4) is 0 Å². The summed E-state index contributed by atoms with van der Waals surface area (Å²) >= 11 is 0. The van der Waals surface area contributed by atoms with Gasteiger partial charge in [0.05, 0.1) is 5.56 Å². The molecule has 0 aromatic heterocycles. The van der Waals surface area contributed by atoms with E-state index in [0.717, 1.165) is 26.6 Å². The molecule has 2 aliphatic heterocycles. The number of carboxylic acids is 1. The molecular formula is C31H27N3O6. The molecule has 3 aromatic rings. The second-order valence-electron chi connectivity index (χ2n) is 9.72. The topological polar surface area (TPSA) is 116 Å². The van der Waals surface area contributed by atoms with Crippen LogP contribution < -0.4 is 25.4 Å². The molecule has 202 valence electrons. The lowest BCUT2D eigenvalue weighted by molar-refractivity contribution is -0.136. The molecule has 0 atom stereocenters. The van der Waals surface area contributed by atoms with Crippen LogP contribution in [0, 0.1) is 0 Å². The number of aromatic carboxylic acids is 1. The Balaban J connectivity index is 1.48. The Labute approximate surface area is 230 Å². The number of benzene rings is 3. The van der Waals surface area contributed by atoms with Gasteiger partial charge in [-0.15, -0.1) is 0 Å². The van der Waals surface area contributed by atoms with E-state index in [1.54, 1.807) is 12.1 Å². The maximum Gasteiger partial charge on any atom is 0.336 e. The average molecular weight is 538 g/mol. The fourth-order valence-corrected chi connectivity index (χ4v) is 4.76. The van der Waals surface area contributed by atoms with E-state index < -0.39 is 11.9 Å². The lowest BCUT2D eigenvalue weighted by Crippen LogP contribution is -2.33. The van der Waals surface area contributed by atoms with Gasteiger partial charge in [0.15, 0.2) is 0 Å². The van der Waals surface area contributed by atoms with Gasteiger partial charge in [-0.2, -0.15) is 0 Å². The fraction of sp³-hybridized carbons (Fsp3) is 0.161. The largest absolute Gasteiger partial charge is 0.478 e. The number of nitrogens with zero attached hydrogens (tertiary/aromatic N) is 2. The molecule has 0 spiro atoms. The third kappa shape index (κ3) is 4.96. The first-order chi connectivity index (χ1) is 19.1. The van der Waals surface area contributed by atoms with Crippen molar-refractivity contribution in [3.8, 4) is 11.5 Å². The van der Waals surface area contributed by atoms with Crippen molar-refractivity contribution < 1.29 is 29.0 Å². The Morgan fingerprint density at radius 3 is 2.38 bits per heavy atom. The molecule has 9 nitrogen and oxygen atoms in total. The molecule has 3 aromatic carbocycles. The zero-order valence-corrected chi connectivity index (χ0v) is 22.1. The van der Waals surface area contributed by atoms with Gasteiger partial charge in [0, 0.05) is 73.0 Å². The number of hydrogen-bond acceptors (Lipinski definition) is 6. The first kappa shape index (κ1) is 26.4. The molecule has 2 N–H and O–H groups in total. The highest BCUT2D eigenvalue weighted by Crippen LogP contribution is 2.39. The third-order valence-electron chi connectivity index (χ3n) is 6.81. The van der Waals surface area contributed by atoms with E-state index in [4.69, 9.17) is 4.74 Å². The van der Waals surface area contributed by atoms with Crippen molar-refractivity contribution >= 4 is 41.5 Å². The molecule has 3 amide bonds. The quantitative estimate of drug-likeness (QED) is 0.262. The van der Waals surface area contributed by atoms with Gasteiger partial charge in [0.25, 0.3) is 17.7 Å². The summed E-state index contributed by atoms with van der Waals surface area (Å²) in [6.07, 6.45) is 2.79. The van der Waals surface area contributed by atoms with Crippen molar-refractivity contribution in [2.75, 3.05) is 32.1 Å². The Hall–Kier alpha value is -5.18. The SMILES string of the molecule is C=c1ccc2c(c1)Oc1cc(N(C)C)ccc1C=2c1ccc(C(=O)NCCCN2C(=O)C=CC2=O)cc1C(=O)O. The predicted molar refractivity (Wildman–Crippen MR) is 150 cm³/mol. The van der Waals surface area contributed by atoms with Gasteiger partial charge in [-0.25, -0.2) is 4.79 Å². The molecule has 0 aliphatic carbocycles. The van der Waals surface area contributed by atoms with Gasteiger partial charge in [-0.3, -0.25) is 19.3 Å². The summed E-state index contributed by atoms with van der Waals surface area (Å²) < 4.78 is 6.22. The van der Waals surface area contributed by atoms with Crippen molar-refractivity contribution in [3.05, 3.63) is 99.4 Å². The molecule has 0 saturated heterocycles. The van der Waals surface area contributed by atoms with E-state index in [9.17, 15) is 24.3 Å². The Morgan fingerprint density at radius 1 is 0.950 bits per heavy atom. The van der Waals surface area contributed by atoms with Crippen molar-refractivity contribution in [1.29, 1.82) is 0 Å². The Bertz CT molecular complexity index is 1710. The maximum absolute atomic E-state index is 12.9. The van der Waals surface area contributed by atoms with E-state index in [2.05, 4.69) is 11.9 Å². The minimum absolute atomic E-state index is 0.0313. The number of rotatable bonds is 8. The highest BCUT2D eigenvalue weighted by Gasteiger charge is 2.26. The third-order valence-corrected chi connectivity index (χ3v) is 6.81. The molecule has 2 heterocycles. The summed E-state index contributed by atoms with van der Waals surface area (Å²) in [5.41, 5.74) is 2.93. The lowest BCUT2D eigenvalue weighted by atomic mass is 9.88. The number of anilines is 1. The number of carboxylic acid groups (broad SMARTS) is 1. The van der Waals surface area contributed by atoms with E-state index in [0.29, 0.717) is 29.1 Å². The van der Waals surface area contributed by atoms with E-state index in [1.165, 1.54) is 18.2 Å². The molecular weight excluding hydrogens is 510 g/mol. The monoisotopic (exact) mass is 537 g/mol. The highest BCUT2D eigenvalue weighted by molar-refractivity contribution is 6.12. The number of imide groups is 1. The molecule has 5 rings (SSSR count). The van der Waals surface area contributed by atoms with Crippen LogP contribution in [0.4, 0.5) is 5.69 Å². The first-order valence-corrected chi connectivity index (χ1v) is 12.7. The van der Waals surface area contributed by atoms with Crippen molar-refractivity contribution in [1.82, 2.24) is 10.2 Å². The zero-order valence-electron chi connectivity index (χ0n) is 22.1. The molecule has 0 bridgehead atoms. The minimum Gasteiger partial charge on any atom is -0.478 e. The Morgan fingerprint density at radius 2 is 1.68 bits per heavy atom. The van der Waals surface area contributed by atoms with Gasteiger partial charge in [-0.1, -0.05) is 24.8 Å². The first-order valence-electron chi connectivity index (χ1n) is 12.7. The molecule has 40 heavy (non-hydrogen) atoms. The summed E-state index contributed by atoms with van der Waals surface area (Å²) in [6.45, 7) is 4.37. The van der Waals surface area contributed by atoms with E-state index in [1.807, 2.05) is 55.4 Å².